The molecule has 1 unspecified atom stereocenters. The van der Waals surface area contributed by atoms with E-state index in [1.165, 1.54) is 0 Å². The van der Waals surface area contributed by atoms with Crippen molar-refractivity contribution < 1.29 is 9.53 Å². The van der Waals surface area contributed by atoms with Crippen molar-refractivity contribution in [2.24, 2.45) is 0 Å². The molecule has 1 aromatic rings. The van der Waals surface area contributed by atoms with Gasteiger partial charge in [-0.3, -0.25) is 4.79 Å². The molecule has 1 heterocycles. The average molecular weight is 354 g/mol. The van der Waals surface area contributed by atoms with Crippen LogP contribution in [-0.4, -0.2) is 43.6 Å². The summed E-state index contributed by atoms with van der Waals surface area (Å²) in [4.78, 5) is 14.1. The number of amides is 1. The third-order valence-electron chi connectivity index (χ3n) is 3.39. The molecule has 1 aliphatic rings. The third-order valence-corrected chi connectivity index (χ3v) is 4.13. The molecular weight excluding hydrogens is 335 g/mol. The van der Waals surface area contributed by atoms with Crippen LogP contribution in [0.5, 0.6) is 5.75 Å². The van der Waals surface area contributed by atoms with Crippen LogP contribution in [0, 0.1) is 0 Å². The number of rotatable bonds is 5. The van der Waals surface area contributed by atoms with Crippen molar-refractivity contribution in [3.8, 4) is 5.75 Å². The van der Waals surface area contributed by atoms with E-state index in [4.69, 9.17) is 27.9 Å². The van der Waals surface area contributed by atoms with Gasteiger partial charge in [-0.1, -0.05) is 23.2 Å². The molecule has 1 saturated heterocycles. The maximum atomic E-state index is 12.2. The minimum absolute atomic E-state index is 0. The highest BCUT2D eigenvalue weighted by molar-refractivity contribution is 6.42. The Morgan fingerprint density at radius 2 is 2.19 bits per heavy atom. The average Bonchev–Trinajstić information content (AvgIpc) is 2.88. The second-order valence-corrected chi connectivity index (χ2v) is 5.62. The molecule has 1 N–H and O–H groups in total. The van der Waals surface area contributed by atoms with Gasteiger partial charge in [-0.15, -0.1) is 12.4 Å². The fraction of sp³-hybridized carbons (Fsp3) is 0.500. The number of likely N-dealkylation sites (tertiary alicyclic amines) is 1. The number of benzene rings is 1. The first-order valence-corrected chi connectivity index (χ1v) is 7.39. The van der Waals surface area contributed by atoms with E-state index in [1.807, 2.05) is 11.9 Å². The molecule has 2 rings (SSSR count). The lowest BCUT2D eigenvalue weighted by atomic mass is 10.2. The van der Waals surface area contributed by atoms with Crippen molar-refractivity contribution in [2.75, 3.05) is 26.7 Å². The molecule has 0 aromatic heterocycles. The molecule has 0 aliphatic carbocycles. The second-order valence-electron chi connectivity index (χ2n) is 4.81. The van der Waals surface area contributed by atoms with Crippen LogP contribution in [0.25, 0.3) is 0 Å². The summed E-state index contributed by atoms with van der Waals surface area (Å²) < 4.78 is 5.49. The van der Waals surface area contributed by atoms with Crippen LogP contribution in [0.4, 0.5) is 0 Å². The van der Waals surface area contributed by atoms with Crippen LogP contribution in [0.3, 0.4) is 0 Å². The molecule has 0 bridgehead atoms. The number of halogens is 3. The molecule has 1 atom stereocenters. The Balaban J connectivity index is 0.00000220. The van der Waals surface area contributed by atoms with Gasteiger partial charge in [0.2, 0.25) is 0 Å². The minimum Gasteiger partial charge on any atom is -0.484 e. The van der Waals surface area contributed by atoms with Crippen molar-refractivity contribution in [1.29, 1.82) is 0 Å². The molecule has 1 fully saturated rings. The van der Waals surface area contributed by atoms with Crippen molar-refractivity contribution >= 4 is 41.5 Å². The molecule has 1 aromatic carbocycles. The monoisotopic (exact) mass is 352 g/mol. The number of hydrogen-bond acceptors (Lipinski definition) is 3. The van der Waals surface area contributed by atoms with Gasteiger partial charge in [0.15, 0.2) is 6.61 Å². The van der Waals surface area contributed by atoms with E-state index in [-0.39, 0.29) is 31.0 Å². The first-order valence-electron chi connectivity index (χ1n) is 6.63. The van der Waals surface area contributed by atoms with Crippen molar-refractivity contribution in [3.63, 3.8) is 0 Å². The van der Waals surface area contributed by atoms with Gasteiger partial charge in [0, 0.05) is 25.2 Å². The highest BCUT2D eigenvalue weighted by Gasteiger charge is 2.28. The van der Waals surface area contributed by atoms with E-state index < -0.39 is 0 Å². The van der Waals surface area contributed by atoms with Gasteiger partial charge in [-0.05, 0) is 32.0 Å². The Morgan fingerprint density at radius 3 is 2.86 bits per heavy atom. The number of nitrogens with zero attached hydrogens (tertiary/aromatic N) is 1. The van der Waals surface area contributed by atoms with Crippen LogP contribution >= 0.6 is 35.6 Å². The summed E-state index contributed by atoms with van der Waals surface area (Å²) in [6.45, 7) is 1.65. The van der Waals surface area contributed by atoms with Gasteiger partial charge in [0.1, 0.15) is 5.75 Å². The van der Waals surface area contributed by atoms with E-state index in [0.29, 0.717) is 15.8 Å². The third kappa shape index (κ3) is 4.92. The van der Waals surface area contributed by atoms with Crippen LogP contribution in [0.2, 0.25) is 10.0 Å². The van der Waals surface area contributed by atoms with Gasteiger partial charge in [-0.2, -0.15) is 0 Å². The van der Waals surface area contributed by atoms with Crippen molar-refractivity contribution in [1.82, 2.24) is 10.2 Å². The molecule has 4 nitrogen and oxygen atoms in total. The molecule has 0 spiro atoms. The number of ether oxygens (including phenoxy) is 1. The number of likely N-dealkylation sites (N-methyl/N-ethyl adjacent to an activating group) is 1. The highest BCUT2D eigenvalue weighted by atomic mass is 35.5. The van der Waals surface area contributed by atoms with Gasteiger partial charge in [-0.25, -0.2) is 0 Å². The lowest BCUT2D eigenvalue weighted by Crippen LogP contribution is -2.43. The lowest BCUT2D eigenvalue weighted by Gasteiger charge is -2.24. The fourth-order valence-electron chi connectivity index (χ4n) is 2.41. The standard InChI is InChI=1S/C14H18Cl2N2O2.ClH/c1-17-8-10-3-2-6-18(10)14(19)9-20-11-4-5-12(15)13(16)7-11;/h4-5,7,10,17H,2-3,6,8-9H2,1H3;1H. The van der Waals surface area contributed by atoms with E-state index >= 15 is 0 Å². The van der Waals surface area contributed by atoms with E-state index in [2.05, 4.69) is 5.32 Å². The molecule has 21 heavy (non-hydrogen) atoms. The summed E-state index contributed by atoms with van der Waals surface area (Å²) in [5.41, 5.74) is 0. The minimum atomic E-state index is 0. The van der Waals surface area contributed by atoms with Gasteiger partial charge in [0.05, 0.1) is 10.0 Å². The van der Waals surface area contributed by atoms with Crippen molar-refractivity contribution in [2.45, 2.75) is 18.9 Å². The number of carbonyl (C=O) groups is 1. The Bertz CT molecular complexity index is 485. The smallest absolute Gasteiger partial charge is 0.260 e. The summed E-state index contributed by atoms with van der Waals surface area (Å²) in [7, 11) is 1.90. The topological polar surface area (TPSA) is 41.6 Å². The van der Waals surface area contributed by atoms with Crippen LogP contribution in [-0.2, 0) is 4.79 Å². The Morgan fingerprint density at radius 1 is 1.43 bits per heavy atom. The maximum absolute atomic E-state index is 12.2. The number of hydrogen-bond donors (Lipinski definition) is 1. The molecule has 7 heteroatoms. The first-order chi connectivity index (χ1) is 9.61. The van der Waals surface area contributed by atoms with E-state index in [0.717, 1.165) is 25.9 Å². The maximum Gasteiger partial charge on any atom is 0.260 e. The van der Waals surface area contributed by atoms with Gasteiger partial charge < -0.3 is 15.0 Å². The number of carbonyl (C=O) groups excluding carboxylic acids is 1. The van der Waals surface area contributed by atoms with Gasteiger partial charge in [0.25, 0.3) is 5.91 Å². The summed E-state index contributed by atoms with van der Waals surface area (Å²) in [6, 6.07) is 5.25. The van der Waals surface area contributed by atoms with Crippen LogP contribution in [0.1, 0.15) is 12.8 Å². The summed E-state index contributed by atoms with van der Waals surface area (Å²) in [5, 5.41) is 4.01. The highest BCUT2D eigenvalue weighted by Crippen LogP contribution is 2.26. The normalized spacial score (nSPS) is 17.5. The molecule has 1 amide bonds. The van der Waals surface area contributed by atoms with E-state index in [9.17, 15) is 4.79 Å². The molecular formula is C14H19Cl3N2O2. The van der Waals surface area contributed by atoms with Crippen LogP contribution < -0.4 is 10.1 Å². The number of nitrogens with one attached hydrogen (secondary N) is 1. The molecule has 118 valence electrons. The quantitative estimate of drug-likeness (QED) is 0.885. The zero-order chi connectivity index (χ0) is 14.5. The largest absolute Gasteiger partial charge is 0.484 e. The molecule has 0 radical (unpaired) electrons. The summed E-state index contributed by atoms with van der Waals surface area (Å²) in [5.74, 6) is 0.561. The summed E-state index contributed by atoms with van der Waals surface area (Å²) in [6.07, 6.45) is 2.09. The predicted molar refractivity (Wildman–Crippen MR) is 87.9 cm³/mol. The van der Waals surface area contributed by atoms with Crippen molar-refractivity contribution in [3.05, 3.63) is 28.2 Å². The lowest BCUT2D eigenvalue weighted by molar-refractivity contribution is -0.134. The SMILES string of the molecule is CNCC1CCCN1C(=O)COc1ccc(Cl)c(Cl)c1.Cl. The Kier molecular flexibility index (Phi) is 7.60. The first kappa shape index (κ1) is 18.4. The Hall–Kier alpha value is -0.680. The summed E-state index contributed by atoms with van der Waals surface area (Å²) >= 11 is 11.7. The Labute approximate surface area is 141 Å². The molecule has 0 saturated carbocycles. The van der Waals surface area contributed by atoms with Crippen LogP contribution in [0.15, 0.2) is 18.2 Å². The zero-order valence-corrected chi connectivity index (χ0v) is 14.1. The van der Waals surface area contributed by atoms with Gasteiger partial charge >= 0.3 is 0 Å². The van der Waals surface area contributed by atoms with E-state index in [1.54, 1.807) is 18.2 Å². The predicted octanol–water partition coefficient (Wildman–Crippen LogP) is 3.00. The second kappa shape index (κ2) is 8.69. The molecule has 1 aliphatic heterocycles. The fourth-order valence-corrected chi connectivity index (χ4v) is 2.69. The zero-order valence-electron chi connectivity index (χ0n) is 11.8.